The Labute approximate surface area is 183 Å². The molecule has 1 saturated heterocycles. The van der Waals surface area contributed by atoms with Gasteiger partial charge in [0.1, 0.15) is 5.01 Å². The summed E-state index contributed by atoms with van der Waals surface area (Å²) in [5.74, 6) is 3.57. The van der Waals surface area contributed by atoms with Crippen LogP contribution in [0.15, 0.2) is 10.4 Å². The summed E-state index contributed by atoms with van der Waals surface area (Å²) in [7, 11) is 1.81. The third-order valence-electron chi connectivity index (χ3n) is 5.69. The topological polar surface area (TPSA) is 69.6 Å². The maximum absolute atomic E-state index is 12.7. The van der Waals surface area contributed by atoms with Crippen molar-refractivity contribution in [2.75, 3.05) is 31.6 Å². The van der Waals surface area contributed by atoms with Crippen LogP contribution in [-0.2, 0) is 16.8 Å². The van der Waals surface area contributed by atoms with Crippen LogP contribution in [0, 0.1) is 5.92 Å². The van der Waals surface area contributed by atoms with Crippen molar-refractivity contribution in [1.82, 2.24) is 20.5 Å². The van der Waals surface area contributed by atoms with Crippen LogP contribution in [-0.4, -0.2) is 59.4 Å². The Morgan fingerprint density at radius 3 is 2.52 bits per heavy atom. The highest BCUT2D eigenvalue weighted by atomic mass is 32.2. The zero-order valence-electron chi connectivity index (χ0n) is 18.2. The number of aromatic nitrogens is 1. The molecule has 0 aromatic carbocycles. The lowest BCUT2D eigenvalue weighted by Gasteiger charge is -2.34. The molecule has 0 spiro atoms. The van der Waals surface area contributed by atoms with E-state index < -0.39 is 0 Å². The van der Waals surface area contributed by atoms with Crippen LogP contribution in [0.1, 0.15) is 57.2 Å². The van der Waals surface area contributed by atoms with Gasteiger partial charge in [-0.15, -0.1) is 11.3 Å². The van der Waals surface area contributed by atoms with Gasteiger partial charge in [-0.25, -0.2) is 4.98 Å². The van der Waals surface area contributed by atoms with E-state index in [-0.39, 0.29) is 11.3 Å². The van der Waals surface area contributed by atoms with Crippen LogP contribution in [0.4, 0.5) is 0 Å². The monoisotopic (exact) mass is 437 g/mol. The average molecular weight is 438 g/mol. The van der Waals surface area contributed by atoms with Crippen molar-refractivity contribution in [3.63, 3.8) is 0 Å². The van der Waals surface area contributed by atoms with Crippen LogP contribution >= 0.6 is 23.1 Å². The van der Waals surface area contributed by atoms with E-state index >= 15 is 0 Å². The molecule has 2 aliphatic rings. The fraction of sp³-hybridized carbons (Fsp3) is 0.762. The third-order valence-corrected chi connectivity index (χ3v) is 7.48. The predicted molar refractivity (Wildman–Crippen MR) is 124 cm³/mol. The van der Waals surface area contributed by atoms with Gasteiger partial charge in [0.05, 0.1) is 12.2 Å². The van der Waals surface area contributed by atoms with E-state index in [1.54, 1.807) is 18.4 Å². The number of hydrogen-bond donors (Lipinski definition) is 2. The first-order valence-electron chi connectivity index (χ1n) is 10.7. The molecule has 2 fully saturated rings. The predicted octanol–water partition coefficient (Wildman–Crippen LogP) is 3.24. The highest BCUT2D eigenvalue weighted by molar-refractivity contribution is 7.99. The molecule has 0 bridgehead atoms. The van der Waals surface area contributed by atoms with Crippen molar-refractivity contribution in [3.8, 4) is 0 Å². The SMILES string of the molecule is CN=C(NCc1nc(C(C)(C)C)cs1)NC1CCC(C(=O)N2CCSCC2)CC1. The van der Waals surface area contributed by atoms with Crippen LogP contribution in [0.5, 0.6) is 0 Å². The van der Waals surface area contributed by atoms with Crippen LogP contribution < -0.4 is 10.6 Å². The molecule has 2 heterocycles. The minimum absolute atomic E-state index is 0.0811. The first-order chi connectivity index (χ1) is 13.9. The molecule has 0 radical (unpaired) electrons. The van der Waals surface area contributed by atoms with Gasteiger partial charge in [-0.05, 0) is 25.7 Å². The number of nitrogens with one attached hydrogen (secondary N) is 2. The van der Waals surface area contributed by atoms with E-state index in [0.717, 1.165) is 66.9 Å². The van der Waals surface area contributed by atoms with E-state index in [4.69, 9.17) is 4.98 Å². The summed E-state index contributed by atoms with van der Waals surface area (Å²) in [4.78, 5) is 23.9. The second kappa shape index (κ2) is 10.2. The summed E-state index contributed by atoms with van der Waals surface area (Å²) in [6.07, 6.45) is 3.98. The largest absolute Gasteiger partial charge is 0.354 e. The Hall–Kier alpha value is -1.28. The first kappa shape index (κ1) is 22.4. The van der Waals surface area contributed by atoms with E-state index in [1.165, 1.54) is 0 Å². The fourth-order valence-electron chi connectivity index (χ4n) is 3.81. The standard InChI is InChI=1S/C21H35N5OS2/c1-21(2,3)17-14-29-18(25-17)13-23-20(22-4)24-16-7-5-15(6-8-16)19(27)26-9-11-28-12-10-26/h14-16H,5-13H2,1-4H3,(H2,22,23,24). The molecule has 1 amide bonds. The van der Waals surface area contributed by atoms with Crippen molar-refractivity contribution < 1.29 is 4.79 Å². The number of rotatable bonds is 4. The van der Waals surface area contributed by atoms with E-state index in [0.29, 0.717) is 18.5 Å². The van der Waals surface area contributed by atoms with Gasteiger partial charge in [-0.3, -0.25) is 9.79 Å². The van der Waals surface area contributed by atoms with Crippen LogP contribution in [0.2, 0.25) is 0 Å². The molecule has 0 unspecified atom stereocenters. The highest BCUT2D eigenvalue weighted by Crippen LogP contribution is 2.27. The Morgan fingerprint density at radius 1 is 1.24 bits per heavy atom. The van der Waals surface area contributed by atoms with Crippen molar-refractivity contribution >= 4 is 35.0 Å². The van der Waals surface area contributed by atoms with Gasteiger partial charge >= 0.3 is 0 Å². The van der Waals surface area contributed by atoms with Gasteiger partial charge in [-0.2, -0.15) is 11.8 Å². The summed E-state index contributed by atoms with van der Waals surface area (Å²) in [6, 6.07) is 0.378. The molecule has 6 nitrogen and oxygen atoms in total. The third kappa shape index (κ3) is 6.35. The maximum Gasteiger partial charge on any atom is 0.225 e. The average Bonchev–Trinajstić information content (AvgIpc) is 3.21. The van der Waals surface area contributed by atoms with Gasteiger partial charge in [0.25, 0.3) is 0 Å². The van der Waals surface area contributed by atoms with E-state index in [1.807, 2.05) is 11.8 Å². The summed E-state index contributed by atoms with van der Waals surface area (Å²) >= 11 is 3.64. The minimum atomic E-state index is 0.0811. The number of amides is 1. The Morgan fingerprint density at radius 2 is 1.93 bits per heavy atom. The Balaban J connectivity index is 1.42. The lowest BCUT2D eigenvalue weighted by Crippen LogP contribution is -2.47. The van der Waals surface area contributed by atoms with Crippen molar-refractivity contribution in [3.05, 3.63) is 16.1 Å². The summed E-state index contributed by atoms with van der Waals surface area (Å²) < 4.78 is 0. The molecular formula is C21H35N5OS2. The normalized spacial score (nSPS) is 23.7. The number of carbonyl (C=O) groups is 1. The summed E-state index contributed by atoms with van der Waals surface area (Å²) in [5, 5.41) is 10.2. The number of carbonyl (C=O) groups excluding carboxylic acids is 1. The molecule has 1 aromatic heterocycles. The minimum Gasteiger partial charge on any atom is -0.354 e. The molecule has 29 heavy (non-hydrogen) atoms. The van der Waals surface area contributed by atoms with Crippen LogP contribution in [0.25, 0.3) is 0 Å². The number of aliphatic imine (C=N–C) groups is 1. The molecule has 1 aliphatic carbocycles. The zero-order valence-corrected chi connectivity index (χ0v) is 19.8. The molecule has 0 atom stereocenters. The zero-order chi connectivity index (χ0) is 20.9. The van der Waals surface area contributed by atoms with Crippen molar-refractivity contribution in [2.24, 2.45) is 10.9 Å². The smallest absolute Gasteiger partial charge is 0.225 e. The van der Waals surface area contributed by atoms with Gasteiger partial charge in [0, 0.05) is 54.4 Å². The molecule has 1 aromatic rings. The van der Waals surface area contributed by atoms with E-state index in [2.05, 4.69) is 46.7 Å². The summed E-state index contributed by atoms with van der Waals surface area (Å²) in [6.45, 7) is 9.08. The Kier molecular flexibility index (Phi) is 7.85. The van der Waals surface area contributed by atoms with Gasteiger partial charge in [0.15, 0.2) is 5.96 Å². The number of guanidine groups is 1. The van der Waals surface area contributed by atoms with Crippen molar-refractivity contribution in [1.29, 1.82) is 0 Å². The number of hydrogen-bond acceptors (Lipinski definition) is 5. The molecule has 1 saturated carbocycles. The lowest BCUT2D eigenvalue weighted by atomic mass is 9.85. The molecule has 162 valence electrons. The molecule has 8 heteroatoms. The molecular weight excluding hydrogens is 402 g/mol. The van der Waals surface area contributed by atoms with Gasteiger partial charge in [0.2, 0.25) is 5.91 Å². The number of thiazole rings is 1. The molecule has 1 aliphatic heterocycles. The maximum atomic E-state index is 12.7. The second-order valence-electron chi connectivity index (χ2n) is 8.93. The molecule has 3 rings (SSSR count). The quantitative estimate of drug-likeness (QED) is 0.559. The fourth-order valence-corrected chi connectivity index (χ4v) is 5.67. The van der Waals surface area contributed by atoms with Crippen molar-refractivity contribution in [2.45, 2.75) is 64.5 Å². The Bertz CT molecular complexity index is 698. The van der Waals surface area contributed by atoms with Gasteiger partial charge < -0.3 is 15.5 Å². The summed E-state index contributed by atoms with van der Waals surface area (Å²) in [5.41, 5.74) is 1.22. The molecule has 2 N–H and O–H groups in total. The van der Waals surface area contributed by atoms with Gasteiger partial charge in [-0.1, -0.05) is 20.8 Å². The number of thioether (sulfide) groups is 1. The second-order valence-corrected chi connectivity index (χ2v) is 11.1. The van der Waals surface area contributed by atoms with E-state index in [9.17, 15) is 4.79 Å². The first-order valence-corrected chi connectivity index (χ1v) is 12.7. The van der Waals surface area contributed by atoms with Crippen LogP contribution in [0.3, 0.4) is 0 Å². The lowest BCUT2D eigenvalue weighted by molar-refractivity contribution is -0.136. The highest BCUT2D eigenvalue weighted by Gasteiger charge is 2.30. The number of nitrogens with zero attached hydrogens (tertiary/aromatic N) is 3.